The number of ether oxygens (including phenoxy) is 2. The van der Waals surface area contributed by atoms with Crippen LogP contribution in [0.15, 0.2) is 30.3 Å². The lowest BCUT2D eigenvalue weighted by atomic mass is 9.85. The van der Waals surface area contributed by atoms with Crippen LogP contribution in [0.25, 0.3) is 11.0 Å². The number of carbonyl (C=O) groups excluding carboxylic acids is 1. The van der Waals surface area contributed by atoms with Gasteiger partial charge in [0.15, 0.2) is 0 Å². The van der Waals surface area contributed by atoms with Gasteiger partial charge in [-0.05, 0) is 74.4 Å². The maximum absolute atomic E-state index is 12.7. The van der Waals surface area contributed by atoms with Crippen molar-refractivity contribution in [3.8, 4) is 5.75 Å². The molecule has 9 heteroatoms. The Balaban J connectivity index is 1.51. The summed E-state index contributed by atoms with van der Waals surface area (Å²) >= 11 is 0. The van der Waals surface area contributed by atoms with E-state index in [0.717, 1.165) is 71.3 Å². The maximum Gasteiger partial charge on any atom is 0.414 e. The molecule has 1 aromatic heterocycles. The largest absolute Gasteiger partial charge is 0.493 e. The van der Waals surface area contributed by atoms with Crippen molar-refractivity contribution >= 4 is 28.8 Å². The van der Waals surface area contributed by atoms with Crippen LogP contribution in [-0.4, -0.2) is 51.6 Å². The van der Waals surface area contributed by atoms with Gasteiger partial charge in [-0.3, -0.25) is 9.69 Å². The molecule has 3 heterocycles. The van der Waals surface area contributed by atoms with Crippen molar-refractivity contribution in [3.63, 3.8) is 0 Å². The third kappa shape index (κ3) is 4.00. The summed E-state index contributed by atoms with van der Waals surface area (Å²) in [4.78, 5) is 31.3. The molecule has 4 atom stereocenters. The molecule has 9 nitrogen and oxygen atoms in total. The van der Waals surface area contributed by atoms with Gasteiger partial charge >= 0.3 is 12.1 Å². The van der Waals surface area contributed by atoms with Crippen LogP contribution in [-0.2, 0) is 22.4 Å². The first-order chi connectivity index (χ1) is 18.4. The van der Waals surface area contributed by atoms with E-state index in [1.165, 1.54) is 7.11 Å². The zero-order valence-electron chi connectivity index (χ0n) is 21.7. The molecule has 38 heavy (non-hydrogen) atoms. The van der Waals surface area contributed by atoms with Gasteiger partial charge in [0.05, 0.1) is 36.4 Å². The van der Waals surface area contributed by atoms with Gasteiger partial charge in [0.25, 0.3) is 0 Å². The number of imidazole rings is 1. The van der Waals surface area contributed by atoms with Crippen LogP contribution in [0.4, 0.5) is 10.5 Å². The standard InChI is InChI=1S/C29H33N3O6/c1-16-6-8-21-22(31(16)29(36)37-2)9-10-23-25(21)30-27(32(23)20-5-3-4-19(15-20)28(34)35)26(33)18-7-11-24-17(14-18)12-13-38-24/h7,9-11,14,16,19-20,26,33H,3-6,8,12-13,15H2,1-2H3,(H,34,35)/t16-,19?,20?,26?/m0/s1. The van der Waals surface area contributed by atoms with Crippen LogP contribution in [0.2, 0.25) is 0 Å². The lowest BCUT2D eigenvalue weighted by Gasteiger charge is -2.34. The Morgan fingerprint density at radius 1 is 1.16 bits per heavy atom. The average molecular weight is 520 g/mol. The number of aliphatic hydroxyl groups excluding tert-OH is 1. The Kier molecular flexibility index (Phi) is 6.26. The fraction of sp³-hybridized carbons (Fsp3) is 0.483. The molecule has 2 aromatic carbocycles. The minimum Gasteiger partial charge on any atom is -0.493 e. The van der Waals surface area contributed by atoms with Gasteiger partial charge in [-0.15, -0.1) is 0 Å². The lowest BCUT2D eigenvalue weighted by molar-refractivity contribution is -0.143. The highest BCUT2D eigenvalue weighted by Crippen LogP contribution is 2.42. The molecule has 3 aromatic rings. The molecule has 0 spiro atoms. The van der Waals surface area contributed by atoms with Crippen molar-refractivity contribution in [1.29, 1.82) is 0 Å². The monoisotopic (exact) mass is 519 g/mol. The number of anilines is 1. The molecule has 3 unspecified atom stereocenters. The Bertz CT molecular complexity index is 1420. The first kappa shape index (κ1) is 24.7. The molecule has 1 amide bonds. The summed E-state index contributed by atoms with van der Waals surface area (Å²) in [7, 11) is 1.38. The van der Waals surface area contributed by atoms with Crippen LogP contribution >= 0.6 is 0 Å². The number of hydrogen-bond donors (Lipinski definition) is 2. The van der Waals surface area contributed by atoms with Crippen LogP contribution < -0.4 is 9.64 Å². The molecule has 3 aliphatic rings. The van der Waals surface area contributed by atoms with E-state index in [9.17, 15) is 19.8 Å². The Morgan fingerprint density at radius 3 is 2.79 bits per heavy atom. The molecule has 2 aliphatic heterocycles. The third-order valence-electron chi connectivity index (χ3n) is 8.49. The van der Waals surface area contributed by atoms with Gasteiger partial charge in [-0.1, -0.05) is 12.5 Å². The molecule has 0 radical (unpaired) electrons. The number of aliphatic hydroxyl groups is 1. The topological polar surface area (TPSA) is 114 Å². The SMILES string of the molecule is COC(=O)N1c2ccc3c(nc(C(O)c4ccc5c(c4)CCO5)n3C3CCCC(C(=O)O)C3)c2CC[C@@H]1C. The minimum absolute atomic E-state index is 0.0113. The van der Waals surface area contributed by atoms with E-state index in [4.69, 9.17) is 14.5 Å². The van der Waals surface area contributed by atoms with E-state index in [1.54, 1.807) is 4.90 Å². The van der Waals surface area contributed by atoms with Crippen LogP contribution in [0.5, 0.6) is 5.75 Å². The molecule has 200 valence electrons. The van der Waals surface area contributed by atoms with Crippen molar-refractivity contribution in [2.75, 3.05) is 18.6 Å². The number of carbonyl (C=O) groups is 2. The van der Waals surface area contributed by atoms with Gasteiger partial charge in [-0.2, -0.15) is 0 Å². The van der Waals surface area contributed by atoms with Crippen molar-refractivity contribution in [2.45, 2.75) is 70.1 Å². The Labute approximate surface area is 221 Å². The second kappa shape index (κ2) is 9.62. The Hall–Kier alpha value is -3.59. The number of aliphatic carboxylic acids is 1. The fourth-order valence-electron chi connectivity index (χ4n) is 6.52. The highest BCUT2D eigenvalue weighted by molar-refractivity contribution is 5.95. The van der Waals surface area contributed by atoms with E-state index in [1.807, 2.05) is 37.3 Å². The predicted octanol–water partition coefficient (Wildman–Crippen LogP) is 4.78. The van der Waals surface area contributed by atoms with Crippen molar-refractivity contribution in [1.82, 2.24) is 9.55 Å². The Morgan fingerprint density at radius 2 is 2.00 bits per heavy atom. The van der Waals surface area contributed by atoms with Gasteiger partial charge in [0.1, 0.15) is 17.7 Å². The van der Waals surface area contributed by atoms with E-state index in [0.29, 0.717) is 25.3 Å². The van der Waals surface area contributed by atoms with E-state index < -0.39 is 24.1 Å². The molecule has 1 saturated carbocycles. The number of aromatic nitrogens is 2. The van der Waals surface area contributed by atoms with E-state index in [-0.39, 0.29) is 12.1 Å². The highest BCUT2D eigenvalue weighted by Gasteiger charge is 2.35. The highest BCUT2D eigenvalue weighted by atomic mass is 16.5. The second-order valence-corrected chi connectivity index (χ2v) is 10.7. The molecule has 1 fully saturated rings. The predicted molar refractivity (Wildman–Crippen MR) is 141 cm³/mol. The van der Waals surface area contributed by atoms with Gasteiger partial charge in [0.2, 0.25) is 0 Å². The van der Waals surface area contributed by atoms with Crippen molar-refractivity contribution in [2.24, 2.45) is 5.92 Å². The molecule has 0 bridgehead atoms. The third-order valence-corrected chi connectivity index (χ3v) is 8.49. The summed E-state index contributed by atoms with van der Waals surface area (Å²) in [5.41, 5.74) is 5.13. The molecule has 0 saturated heterocycles. The first-order valence-corrected chi connectivity index (χ1v) is 13.4. The fourth-order valence-corrected chi connectivity index (χ4v) is 6.52. The van der Waals surface area contributed by atoms with Crippen LogP contribution in [0.3, 0.4) is 0 Å². The molecule has 2 N–H and O–H groups in total. The van der Waals surface area contributed by atoms with E-state index in [2.05, 4.69) is 4.57 Å². The normalized spacial score (nSPS) is 23.4. The molecule has 1 aliphatic carbocycles. The number of nitrogens with zero attached hydrogens (tertiary/aromatic N) is 3. The number of fused-ring (bicyclic) bond motifs is 4. The molecular weight excluding hydrogens is 486 g/mol. The average Bonchev–Trinajstić information content (AvgIpc) is 3.56. The summed E-state index contributed by atoms with van der Waals surface area (Å²) in [6.45, 7) is 2.64. The van der Waals surface area contributed by atoms with Crippen molar-refractivity contribution < 1.29 is 29.3 Å². The number of rotatable bonds is 4. The quantitative estimate of drug-likeness (QED) is 0.510. The van der Waals surface area contributed by atoms with E-state index >= 15 is 0 Å². The zero-order valence-corrected chi connectivity index (χ0v) is 21.7. The van der Waals surface area contributed by atoms with Gasteiger partial charge < -0.3 is 24.3 Å². The molecular formula is C29H33N3O6. The zero-order chi connectivity index (χ0) is 26.6. The van der Waals surface area contributed by atoms with Gasteiger partial charge in [-0.25, -0.2) is 9.78 Å². The second-order valence-electron chi connectivity index (χ2n) is 10.7. The van der Waals surface area contributed by atoms with Crippen LogP contribution in [0.1, 0.15) is 73.7 Å². The number of carboxylic acids is 1. The van der Waals surface area contributed by atoms with Crippen LogP contribution in [0, 0.1) is 5.92 Å². The maximum atomic E-state index is 12.7. The van der Waals surface area contributed by atoms with Gasteiger partial charge in [0, 0.05) is 24.1 Å². The number of aryl methyl sites for hydroxylation is 1. The number of amides is 1. The number of methoxy groups -OCH3 is 1. The lowest BCUT2D eigenvalue weighted by Crippen LogP contribution is -2.42. The summed E-state index contributed by atoms with van der Waals surface area (Å²) < 4.78 is 12.8. The number of carboxylic acid groups (broad SMARTS) is 1. The first-order valence-electron chi connectivity index (χ1n) is 13.4. The summed E-state index contributed by atoms with van der Waals surface area (Å²) in [5.74, 6) is 0.144. The molecule has 6 rings (SSSR count). The summed E-state index contributed by atoms with van der Waals surface area (Å²) in [6.07, 6.45) is 3.66. The summed E-state index contributed by atoms with van der Waals surface area (Å²) in [5, 5.41) is 21.5. The smallest absolute Gasteiger partial charge is 0.414 e. The number of hydrogen-bond acceptors (Lipinski definition) is 6. The minimum atomic E-state index is -0.992. The van der Waals surface area contributed by atoms with Crippen molar-refractivity contribution in [3.05, 3.63) is 52.8 Å². The summed E-state index contributed by atoms with van der Waals surface area (Å²) in [6, 6.07) is 9.52. The number of benzene rings is 2.